The van der Waals surface area contributed by atoms with Crippen LogP contribution >= 0.6 is 0 Å². The van der Waals surface area contributed by atoms with Crippen molar-refractivity contribution in [3.05, 3.63) is 23.8 Å². The summed E-state index contributed by atoms with van der Waals surface area (Å²) >= 11 is 0. The molecule has 1 aliphatic rings. The third kappa shape index (κ3) is 3.98. The molecule has 1 saturated heterocycles. The zero-order chi connectivity index (χ0) is 16.5. The zero-order valence-corrected chi connectivity index (χ0v) is 14.1. The lowest BCUT2D eigenvalue weighted by atomic mass is 10.2. The van der Waals surface area contributed by atoms with Gasteiger partial charge in [0.1, 0.15) is 0 Å². The highest BCUT2D eigenvalue weighted by atomic mass is 32.2. The molecule has 0 radical (unpaired) electrons. The van der Waals surface area contributed by atoms with E-state index in [-0.39, 0.29) is 23.1 Å². The van der Waals surface area contributed by atoms with Crippen LogP contribution in [0.3, 0.4) is 0 Å². The van der Waals surface area contributed by atoms with Crippen molar-refractivity contribution in [3.8, 4) is 0 Å². The van der Waals surface area contributed by atoms with Gasteiger partial charge in [-0.25, -0.2) is 13.2 Å². The maximum absolute atomic E-state index is 12.4. The predicted octanol–water partition coefficient (Wildman–Crippen LogP) is 2.04. The number of aryl methyl sites for hydroxylation is 1. The van der Waals surface area contributed by atoms with Crippen molar-refractivity contribution < 1.29 is 17.9 Å². The number of sulfone groups is 1. The molecule has 1 aromatic rings. The second-order valence-corrected chi connectivity index (χ2v) is 7.86. The van der Waals surface area contributed by atoms with Gasteiger partial charge in [-0.3, -0.25) is 0 Å². The number of morpholine rings is 1. The molecule has 0 unspecified atom stereocenters. The number of anilines is 1. The number of urea groups is 1. The third-order valence-electron chi connectivity index (χ3n) is 3.59. The van der Waals surface area contributed by atoms with Crippen molar-refractivity contribution in [3.63, 3.8) is 0 Å². The Balaban J connectivity index is 2.18. The van der Waals surface area contributed by atoms with Gasteiger partial charge in [0.25, 0.3) is 0 Å². The van der Waals surface area contributed by atoms with Crippen LogP contribution in [0.15, 0.2) is 23.1 Å². The first-order valence-corrected chi connectivity index (χ1v) is 9.08. The number of carbonyl (C=O) groups excluding carboxylic acids is 1. The van der Waals surface area contributed by atoms with Crippen LogP contribution in [0, 0.1) is 6.92 Å². The molecule has 0 aromatic heterocycles. The van der Waals surface area contributed by atoms with Crippen LogP contribution in [-0.2, 0) is 14.6 Å². The molecule has 2 atom stereocenters. The molecule has 1 fully saturated rings. The minimum Gasteiger partial charge on any atom is -0.372 e. The number of amides is 2. The summed E-state index contributed by atoms with van der Waals surface area (Å²) in [5, 5.41) is 2.80. The first-order chi connectivity index (χ1) is 10.2. The molecule has 1 aliphatic heterocycles. The molecule has 0 aliphatic carbocycles. The Labute approximate surface area is 131 Å². The molecule has 7 heteroatoms. The largest absolute Gasteiger partial charge is 0.372 e. The van der Waals surface area contributed by atoms with E-state index in [0.717, 1.165) is 11.8 Å². The van der Waals surface area contributed by atoms with Crippen molar-refractivity contribution in [2.45, 2.75) is 37.9 Å². The maximum Gasteiger partial charge on any atom is 0.322 e. The minimum atomic E-state index is -3.31. The van der Waals surface area contributed by atoms with E-state index in [1.807, 2.05) is 20.8 Å². The molecule has 2 amide bonds. The number of nitrogens with zero attached hydrogens (tertiary/aromatic N) is 1. The number of rotatable bonds is 2. The van der Waals surface area contributed by atoms with Gasteiger partial charge in [-0.1, -0.05) is 6.07 Å². The van der Waals surface area contributed by atoms with Crippen molar-refractivity contribution in [2.75, 3.05) is 24.7 Å². The van der Waals surface area contributed by atoms with Crippen LogP contribution in [0.25, 0.3) is 0 Å². The Hall–Kier alpha value is -1.60. The van der Waals surface area contributed by atoms with E-state index in [0.29, 0.717) is 18.8 Å². The summed E-state index contributed by atoms with van der Waals surface area (Å²) in [4.78, 5) is 14.3. The predicted molar refractivity (Wildman–Crippen MR) is 84.9 cm³/mol. The van der Waals surface area contributed by atoms with Crippen LogP contribution in [0.1, 0.15) is 19.4 Å². The smallest absolute Gasteiger partial charge is 0.322 e. The molecule has 0 saturated carbocycles. The van der Waals surface area contributed by atoms with Gasteiger partial charge < -0.3 is 15.0 Å². The van der Waals surface area contributed by atoms with E-state index in [4.69, 9.17) is 4.74 Å². The van der Waals surface area contributed by atoms with Gasteiger partial charge in [-0.2, -0.15) is 0 Å². The average Bonchev–Trinajstić information content (AvgIpc) is 2.38. The molecule has 122 valence electrons. The summed E-state index contributed by atoms with van der Waals surface area (Å²) in [5.41, 5.74) is 1.33. The molecule has 2 rings (SSSR count). The lowest BCUT2D eigenvalue weighted by molar-refractivity contribution is -0.0530. The SMILES string of the molecule is Cc1ccc(S(C)(=O)=O)cc1NC(=O)N1C[C@@H](C)O[C@@H](C)C1. The van der Waals surface area contributed by atoms with Crippen LogP contribution in [0.5, 0.6) is 0 Å². The first-order valence-electron chi connectivity index (χ1n) is 7.19. The number of benzene rings is 1. The van der Waals surface area contributed by atoms with Crippen LogP contribution < -0.4 is 5.32 Å². The summed E-state index contributed by atoms with van der Waals surface area (Å²) in [6.45, 7) is 6.70. The number of hydrogen-bond acceptors (Lipinski definition) is 4. The van der Waals surface area contributed by atoms with E-state index in [9.17, 15) is 13.2 Å². The van der Waals surface area contributed by atoms with Crippen molar-refractivity contribution in [1.82, 2.24) is 4.90 Å². The Morgan fingerprint density at radius 2 is 1.86 bits per heavy atom. The zero-order valence-electron chi connectivity index (χ0n) is 13.3. The molecule has 22 heavy (non-hydrogen) atoms. The molecular weight excluding hydrogens is 304 g/mol. The second kappa shape index (κ2) is 6.26. The highest BCUT2D eigenvalue weighted by Gasteiger charge is 2.26. The van der Waals surface area contributed by atoms with Crippen LogP contribution in [0.4, 0.5) is 10.5 Å². The van der Waals surface area contributed by atoms with Gasteiger partial charge >= 0.3 is 6.03 Å². The molecule has 1 aromatic carbocycles. The van der Waals surface area contributed by atoms with Gasteiger partial charge in [0.2, 0.25) is 0 Å². The minimum absolute atomic E-state index is 0.0158. The molecule has 6 nitrogen and oxygen atoms in total. The van der Waals surface area contributed by atoms with Gasteiger partial charge in [0.15, 0.2) is 9.84 Å². The van der Waals surface area contributed by atoms with E-state index >= 15 is 0 Å². The van der Waals surface area contributed by atoms with E-state index in [2.05, 4.69) is 5.32 Å². The topological polar surface area (TPSA) is 75.7 Å². The van der Waals surface area contributed by atoms with Crippen molar-refractivity contribution in [2.24, 2.45) is 0 Å². The maximum atomic E-state index is 12.4. The highest BCUT2D eigenvalue weighted by Crippen LogP contribution is 2.21. The second-order valence-electron chi connectivity index (χ2n) is 5.84. The fourth-order valence-electron chi connectivity index (χ4n) is 2.50. The Kier molecular flexibility index (Phi) is 4.77. The quantitative estimate of drug-likeness (QED) is 0.902. The summed E-state index contributed by atoms with van der Waals surface area (Å²) < 4.78 is 28.9. The van der Waals surface area contributed by atoms with E-state index in [1.165, 1.54) is 6.07 Å². The number of hydrogen-bond donors (Lipinski definition) is 1. The number of ether oxygens (including phenoxy) is 1. The van der Waals surface area contributed by atoms with E-state index in [1.54, 1.807) is 17.0 Å². The standard InChI is InChI=1S/C15H22N2O4S/c1-10-5-6-13(22(4,19)20)7-14(10)16-15(18)17-8-11(2)21-12(3)9-17/h5-7,11-12H,8-9H2,1-4H3,(H,16,18)/t11-,12+. The van der Waals surface area contributed by atoms with Gasteiger partial charge in [-0.15, -0.1) is 0 Å². The molecular formula is C15H22N2O4S. The van der Waals surface area contributed by atoms with Crippen molar-refractivity contribution in [1.29, 1.82) is 0 Å². The Bertz CT molecular complexity index is 662. The number of carbonyl (C=O) groups is 1. The summed E-state index contributed by atoms with van der Waals surface area (Å²) in [6, 6.07) is 4.49. The van der Waals surface area contributed by atoms with Gasteiger partial charge in [0, 0.05) is 25.0 Å². The summed E-state index contributed by atoms with van der Waals surface area (Å²) in [7, 11) is -3.31. The molecule has 0 spiro atoms. The molecule has 0 bridgehead atoms. The third-order valence-corrected chi connectivity index (χ3v) is 4.70. The van der Waals surface area contributed by atoms with Crippen LogP contribution in [0.2, 0.25) is 0 Å². The van der Waals surface area contributed by atoms with Crippen molar-refractivity contribution >= 4 is 21.6 Å². The monoisotopic (exact) mass is 326 g/mol. The average molecular weight is 326 g/mol. The normalized spacial score (nSPS) is 22.5. The van der Waals surface area contributed by atoms with Gasteiger partial charge in [-0.05, 0) is 38.5 Å². The first kappa shape index (κ1) is 16.8. The Morgan fingerprint density at radius 3 is 2.41 bits per heavy atom. The van der Waals surface area contributed by atoms with E-state index < -0.39 is 9.84 Å². The Morgan fingerprint density at radius 1 is 1.27 bits per heavy atom. The van der Waals surface area contributed by atoms with Crippen LogP contribution in [-0.4, -0.2) is 50.9 Å². The summed E-state index contributed by atoms with van der Waals surface area (Å²) in [6.07, 6.45) is 1.12. The lowest BCUT2D eigenvalue weighted by Crippen LogP contribution is -2.49. The fourth-order valence-corrected chi connectivity index (χ4v) is 3.15. The highest BCUT2D eigenvalue weighted by molar-refractivity contribution is 7.90. The van der Waals surface area contributed by atoms with Gasteiger partial charge in [0.05, 0.1) is 17.1 Å². The lowest BCUT2D eigenvalue weighted by Gasteiger charge is -2.35. The fraction of sp³-hybridized carbons (Fsp3) is 0.533. The molecule has 1 N–H and O–H groups in total. The summed E-state index contributed by atoms with van der Waals surface area (Å²) in [5.74, 6) is 0. The molecule has 1 heterocycles. The number of nitrogens with one attached hydrogen (secondary N) is 1.